The lowest BCUT2D eigenvalue weighted by atomic mass is 10.1. The molecule has 9 heteroatoms. The highest BCUT2D eigenvalue weighted by molar-refractivity contribution is 9.11. The molecule has 0 N–H and O–H groups in total. The number of benzene rings is 3. The van der Waals surface area contributed by atoms with Crippen molar-refractivity contribution < 1.29 is 17.4 Å². The summed E-state index contributed by atoms with van der Waals surface area (Å²) < 4.78 is 32.2. The van der Waals surface area contributed by atoms with Crippen LogP contribution in [0.5, 0.6) is 5.75 Å². The van der Waals surface area contributed by atoms with Crippen molar-refractivity contribution in [2.45, 2.75) is 11.8 Å². The van der Waals surface area contributed by atoms with E-state index in [4.69, 9.17) is 4.18 Å². The van der Waals surface area contributed by atoms with Crippen LogP contribution in [0.4, 0.5) is 5.69 Å². The SMILES string of the molecule is CC1=NN(c2ccccc2)C(=O)/C1=C/c1cc(Br)cc(Br)c1OS(=O)(=O)c1ccccc1. The van der Waals surface area contributed by atoms with E-state index < -0.39 is 10.1 Å². The Bertz CT molecular complexity index is 1360. The van der Waals surface area contributed by atoms with E-state index >= 15 is 0 Å². The fourth-order valence-electron chi connectivity index (χ4n) is 3.10. The number of rotatable bonds is 5. The molecule has 0 aliphatic carbocycles. The van der Waals surface area contributed by atoms with Gasteiger partial charge in [0.05, 0.1) is 21.4 Å². The van der Waals surface area contributed by atoms with Gasteiger partial charge in [-0.05, 0) is 65.3 Å². The minimum atomic E-state index is -4.09. The zero-order chi connectivity index (χ0) is 22.9. The van der Waals surface area contributed by atoms with Gasteiger partial charge in [-0.1, -0.05) is 52.3 Å². The molecule has 0 fully saturated rings. The number of carbonyl (C=O) groups is 1. The number of carbonyl (C=O) groups excluding carboxylic acids is 1. The minimum absolute atomic E-state index is 0.0263. The molecule has 4 rings (SSSR count). The van der Waals surface area contributed by atoms with Crippen LogP contribution in [0.15, 0.2) is 97.3 Å². The van der Waals surface area contributed by atoms with Crippen molar-refractivity contribution in [2.24, 2.45) is 5.10 Å². The summed E-state index contributed by atoms with van der Waals surface area (Å²) in [5.41, 5.74) is 1.88. The Morgan fingerprint density at radius 2 is 1.59 bits per heavy atom. The van der Waals surface area contributed by atoms with Crippen LogP contribution in [0.1, 0.15) is 12.5 Å². The molecule has 1 amide bonds. The summed E-state index contributed by atoms with van der Waals surface area (Å²) in [6.45, 7) is 1.72. The van der Waals surface area contributed by atoms with E-state index in [0.717, 1.165) is 0 Å². The van der Waals surface area contributed by atoms with Crippen LogP contribution in [0.2, 0.25) is 0 Å². The van der Waals surface area contributed by atoms with Crippen LogP contribution < -0.4 is 9.19 Å². The number of anilines is 1. The summed E-state index contributed by atoms with van der Waals surface area (Å²) in [6.07, 6.45) is 1.58. The van der Waals surface area contributed by atoms with Crippen LogP contribution in [0.25, 0.3) is 6.08 Å². The molecule has 1 aliphatic rings. The summed E-state index contributed by atoms with van der Waals surface area (Å²) in [7, 11) is -4.09. The molecule has 0 unspecified atom stereocenters. The lowest BCUT2D eigenvalue weighted by Crippen LogP contribution is -2.21. The second-order valence-corrected chi connectivity index (χ2v) is 10.2. The van der Waals surface area contributed by atoms with Gasteiger partial charge in [-0.25, -0.2) is 0 Å². The van der Waals surface area contributed by atoms with Crippen molar-refractivity contribution in [2.75, 3.05) is 5.01 Å². The number of amides is 1. The Labute approximate surface area is 202 Å². The number of para-hydroxylation sites is 1. The number of hydrogen-bond acceptors (Lipinski definition) is 5. The molecule has 1 aliphatic heterocycles. The normalized spacial score (nSPS) is 15.2. The maximum absolute atomic E-state index is 13.1. The first-order valence-electron chi connectivity index (χ1n) is 9.41. The average Bonchev–Trinajstić information content (AvgIpc) is 3.05. The molecule has 0 spiro atoms. The van der Waals surface area contributed by atoms with Gasteiger partial charge in [-0.2, -0.15) is 18.5 Å². The van der Waals surface area contributed by atoms with Crippen molar-refractivity contribution in [1.29, 1.82) is 0 Å². The lowest BCUT2D eigenvalue weighted by Gasteiger charge is -2.13. The number of hydrazone groups is 1. The van der Waals surface area contributed by atoms with Crippen LogP contribution in [0.3, 0.4) is 0 Å². The zero-order valence-electron chi connectivity index (χ0n) is 16.7. The fourth-order valence-corrected chi connectivity index (χ4v) is 5.54. The first-order chi connectivity index (χ1) is 15.3. The molecule has 3 aromatic carbocycles. The Morgan fingerprint density at radius 1 is 0.969 bits per heavy atom. The van der Waals surface area contributed by atoms with Crippen molar-refractivity contribution in [3.05, 3.63) is 92.9 Å². The van der Waals surface area contributed by atoms with Gasteiger partial charge < -0.3 is 4.18 Å². The van der Waals surface area contributed by atoms with Gasteiger partial charge in [-0.3, -0.25) is 4.79 Å². The van der Waals surface area contributed by atoms with Gasteiger partial charge in [-0.15, -0.1) is 0 Å². The Kier molecular flexibility index (Phi) is 6.32. The first-order valence-corrected chi connectivity index (χ1v) is 12.4. The zero-order valence-corrected chi connectivity index (χ0v) is 20.7. The molecular formula is C23H16Br2N2O4S. The van der Waals surface area contributed by atoms with Crippen LogP contribution in [0, 0.1) is 0 Å². The minimum Gasteiger partial charge on any atom is -0.377 e. The number of nitrogens with zero attached hydrogens (tertiary/aromatic N) is 2. The van der Waals surface area contributed by atoms with Gasteiger partial charge in [0.1, 0.15) is 4.90 Å². The molecule has 0 atom stereocenters. The third kappa shape index (κ3) is 4.55. The molecule has 32 heavy (non-hydrogen) atoms. The van der Waals surface area contributed by atoms with Crippen LogP contribution >= 0.6 is 31.9 Å². The molecule has 0 saturated heterocycles. The molecule has 0 saturated carbocycles. The predicted octanol–water partition coefficient (Wildman–Crippen LogP) is 5.79. The Balaban J connectivity index is 1.76. The largest absolute Gasteiger partial charge is 0.377 e. The molecule has 6 nitrogen and oxygen atoms in total. The second kappa shape index (κ2) is 9.01. The molecular weight excluding hydrogens is 560 g/mol. The van der Waals surface area contributed by atoms with Crippen LogP contribution in [-0.4, -0.2) is 20.0 Å². The van der Waals surface area contributed by atoms with Crippen molar-refractivity contribution in [3.63, 3.8) is 0 Å². The van der Waals surface area contributed by atoms with Crippen LogP contribution in [-0.2, 0) is 14.9 Å². The highest BCUT2D eigenvalue weighted by Crippen LogP contribution is 2.37. The van der Waals surface area contributed by atoms with E-state index in [0.29, 0.717) is 31.5 Å². The molecule has 1 heterocycles. The molecule has 0 bridgehead atoms. The molecule has 162 valence electrons. The molecule has 0 radical (unpaired) electrons. The topological polar surface area (TPSA) is 76.0 Å². The van der Waals surface area contributed by atoms with Gasteiger partial charge in [0, 0.05) is 10.0 Å². The number of halogens is 2. The van der Waals surface area contributed by atoms with Gasteiger partial charge >= 0.3 is 10.1 Å². The molecule has 3 aromatic rings. The first kappa shape index (κ1) is 22.4. The highest BCUT2D eigenvalue weighted by atomic mass is 79.9. The van der Waals surface area contributed by atoms with Crippen molar-refractivity contribution >= 4 is 65.4 Å². The smallest absolute Gasteiger partial charge is 0.339 e. The van der Waals surface area contributed by atoms with Gasteiger partial charge in [0.2, 0.25) is 0 Å². The molecule has 0 aromatic heterocycles. The average molecular weight is 576 g/mol. The van der Waals surface area contributed by atoms with E-state index in [1.807, 2.05) is 18.2 Å². The Morgan fingerprint density at radius 3 is 2.25 bits per heavy atom. The van der Waals surface area contributed by atoms with E-state index in [-0.39, 0.29) is 16.6 Å². The standard InChI is InChI=1S/C23H16Br2N2O4S/c1-15-20(23(28)27(26-15)18-8-4-2-5-9-18)13-16-12-17(24)14-21(25)22(16)31-32(29,30)19-10-6-3-7-11-19/h2-14H,1H3/b20-13+. The Hall–Kier alpha value is -2.75. The third-order valence-corrected chi connectivity index (χ3v) is 6.91. The highest BCUT2D eigenvalue weighted by Gasteiger charge is 2.29. The van der Waals surface area contributed by atoms with E-state index in [9.17, 15) is 13.2 Å². The summed E-state index contributed by atoms with van der Waals surface area (Å²) in [5, 5.41) is 5.68. The summed E-state index contributed by atoms with van der Waals surface area (Å²) in [4.78, 5) is 13.1. The lowest BCUT2D eigenvalue weighted by molar-refractivity contribution is -0.114. The van der Waals surface area contributed by atoms with Gasteiger partial charge in [0.15, 0.2) is 5.75 Å². The van der Waals surface area contributed by atoms with E-state index in [1.54, 1.807) is 55.5 Å². The quantitative estimate of drug-likeness (QED) is 0.285. The predicted molar refractivity (Wildman–Crippen MR) is 131 cm³/mol. The summed E-state index contributed by atoms with van der Waals surface area (Å²) in [5.74, 6) is -0.245. The fraction of sp³-hybridized carbons (Fsp3) is 0.0435. The van der Waals surface area contributed by atoms with E-state index in [1.165, 1.54) is 17.1 Å². The second-order valence-electron chi connectivity index (χ2n) is 6.85. The summed E-state index contributed by atoms with van der Waals surface area (Å²) in [6, 6.07) is 20.3. The van der Waals surface area contributed by atoms with Crippen molar-refractivity contribution in [3.8, 4) is 5.75 Å². The summed E-state index contributed by atoms with van der Waals surface area (Å²) >= 11 is 6.79. The third-order valence-electron chi connectivity index (χ3n) is 4.63. The van der Waals surface area contributed by atoms with Crippen molar-refractivity contribution in [1.82, 2.24) is 0 Å². The van der Waals surface area contributed by atoms with E-state index in [2.05, 4.69) is 37.0 Å². The maximum Gasteiger partial charge on any atom is 0.339 e. The monoisotopic (exact) mass is 574 g/mol. The van der Waals surface area contributed by atoms with Gasteiger partial charge in [0.25, 0.3) is 5.91 Å². The number of hydrogen-bond donors (Lipinski definition) is 0. The maximum atomic E-state index is 13.1.